The lowest BCUT2D eigenvalue weighted by Crippen LogP contribution is -2.59. The summed E-state index contributed by atoms with van der Waals surface area (Å²) in [6.45, 7) is 2.83. The zero-order valence-electron chi connectivity index (χ0n) is 10.8. The Labute approximate surface area is 104 Å². The monoisotopic (exact) mass is 239 g/mol. The first-order chi connectivity index (χ1) is 8.10. The summed E-state index contributed by atoms with van der Waals surface area (Å²) in [7, 11) is 0. The van der Waals surface area contributed by atoms with Crippen LogP contribution < -0.4 is 5.73 Å². The number of nitrogens with two attached hydrogens (primary N) is 1. The van der Waals surface area contributed by atoms with Gasteiger partial charge in [-0.25, -0.2) is 0 Å². The number of ether oxygens (including phenoxy) is 1. The molecule has 98 valence electrons. The van der Waals surface area contributed by atoms with Crippen LogP contribution in [0, 0.1) is 11.3 Å². The van der Waals surface area contributed by atoms with Gasteiger partial charge in [-0.2, -0.15) is 0 Å². The number of rotatable bonds is 2. The van der Waals surface area contributed by atoms with Crippen molar-refractivity contribution in [3.8, 4) is 0 Å². The van der Waals surface area contributed by atoms with Gasteiger partial charge < -0.3 is 15.6 Å². The third-order valence-corrected chi connectivity index (χ3v) is 5.58. The normalized spacial score (nSPS) is 54.2. The van der Waals surface area contributed by atoms with Crippen LogP contribution in [0.5, 0.6) is 0 Å². The first kappa shape index (κ1) is 11.9. The van der Waals surface area contributed by atoms with Gasteiger partial charge in [-0.05, 0) is 38.0 Å². The Bertz CT molecular complexity index is 309. The third-order valence-electron chi connectivity index (χ3n) is 5.58. The van der Waals surface area contributed by atoms with Crippen LogP contribution >= 0.6 is 0 Å². The number of hydrogen-bond donors (Lipinski definition) is 2. The van der Waals surface area contributed by atoms with E-state index in [1.54, 1.807) is 0 Å². The molecule has 17 heavy (non-hydrogen) atoms. The molecule has 0 amide bonds. The molecule has 0 spiro atoms. The molecule has 2 heterocycles. The molecule has 3 nitrogen and oxygen atoms in total. The summed E-state index contributed by atoms with van der Waals surface area (Å²) in [4.78, 5) is 0. The van der Waals surface area contributed by atoms with E-state index >= 15 is 0 Å². The van der Waals surface area contributed by atoms with E-state index in [1.165, 1.54) is 6.42 Å². The predicted octanol–water partition coefficient (Wildman–Crippen LogP) is 1.82. The second-order valence-electron chi connectivity index (χ2n) is 6.62. The van der Waals surface area contributed by atoms with Gasteiger partial charge >= 0.3 is 0 Å². The Morgan fingerprint density at radius 1 is 1.29 bits per heavy atom. The van der Waals surface area contributed by atoms with Gasteiger partial charge in [-0.15, -0.1) is 0 Å². The molecule has 0 aromatic rings. The average molecular weight is 239 g/mol. The van der Waals surface area contributed by atoms with E-state index in [2.05, 4.69) is 6.92 Å². The van der Waals surface area contributed by atoms with Gasteiger partial charge in [0.15, 0.2) is 0 Å². The molecule has 3 fully saturated rings. The van der Waals surface area contributed by atoms with Crippen LogP contribution in [0.3, 0.4) is 0 Å². The van der Waals surface area contributed by atoms with Crippen molar-refractivity contribution in [3.63, 3.8) is 0 Å². The summed E-state index contributed by atoms with van der Waals surface area (Å²) < 4.78 is 5.99. The molecule has 3 N–H and O–H groups in total. The van der Waals surface area contributed by atoms with Crippen molar-refractivity contribution < 1.29 is 9.84 Å². The Morgan fingerprint density at radius 3 is 2.65 bits per heavy atom. The molecule has 3 rings (SSSR count). The first-order valence-corrected chi connectivity index (χ1v) is 7.17. The molecule has 0 radical (unpaired) electrons. The van der Waals surface area contributed by atoms with Crippen LogP contribution in [0.1, 0.15) is 51.9 Å². The summed E-state index contributed by atoms with van der Waals surface area (Å²) in [6.07, 6.45) is 8.04. The fraction of sp³-hybridized carbons (Fsp3) is 1.00. The van der Waals surface area contributed by atoms with Crippen LogP contribution in [0.15, 0.2) is 0 Å². The molecule has 2 aliphatic heterocycles. The highest BCUT2D eigenvalue weighted by Gasteiger charge is 2.62. The highest BCUT2D eigenvalue weighted by molar-refractivity contribution is 5.12. The maximum absolute atomic E-state index is 11.2. The lowest BCUT2D eigenvalue weighted by molar-refractivity contribution is -0.140. The molecule has 3 aliphatic rings. The Hall–Kier alpha value is -0.120. The summed E-state index contributed by atoms with van der Waals surface area (Å²) in [5.74, 6) is 0.622. The molecule has 2 bridgehead atoms. The van der Waals surface area contributed by atoms with Gasteiger partial charge in [0.2, 0.25) is 0 Å². The van der Waals surface area contributed by atoms with Crippen molar-refractivity contribution in [2.24, 2.45) is 17.1 Å². The number of fused-ring (bicyclic) bond motifs is 2. The second kappa shape index (κ2) is 3.94. The van der Waals surface area contributed by atoms with E-state index in [-0.39, 0.29) is 11.5 Å². The van der Waals surface area contributed by atoms with E-state index in [0.717, 1.165) is 38.5 Å². The summed E-state index contributed by atoms with van der Waals surface area (Å²) in [5, 5.41) is 11.2. The summed E-state index contributed by atoms with van der Waals surface area (Å²) in [5.41, 5.74) is 5.36. The van der Waals surface area contributed by atoms with Gasteiger partial charge in [0, 0.05) is 12.0 Å². The molecule has 0 aromatic carbocycles. The minimum atomic E-state index is -0.570. The Balaban J connectivity index is 1.89. The van der Waals surface area contributed by atoms with E-state index in [0.29, 0.717) is 18.6 Å². The topological polar surface area (TPSA) is 55.5 Å². The largest absolute Gasteiger partial charge is 0.389 e. The maximum atomic E-state index is 11.2. The number of hydrogen-bond acceptors (Lipinski definition) is 3. The zero-order chi connectivity index (χ0) is 12.1. The lowest BCUT2D eigenvalue weighted by atomic mass is 9.57. The molecule has 2 saturated heterocycles. The van der Waals surface area contributed by atoms with E-state index in [9.17, 15) is 5.11 Å². The molecule has 0 aromatic heterocycles. The minimum absolute atomic E-state index is 0.148. The molecular formula is C14H25NO2. The van der Waals surface area contributed by atoms with Crippen LogP contribution in [-0.4, -0.2) is 29.5 Å². The van der Waals surface area contributed by atoms with Crippen molar-refractivity contribution in [1.29, 1.82) is 0 Å². The Morgan fingerprint density at radius 2 is 2.12 bits per heavy atom. The van der Waals surface area contributed by atoms with Crippen LogP contribution in [0.2, 0.25) is 0 Å². The summed E-state index contributed by atoms with van der Waals surface area (Å²) >= 11 is 0. The number of aliphatic hydroxyl groups is 1. The van der Waals surface area contributed by atoms with Crippen molar-refractivity contribution >= 4 is 0 Å². The molecule has 5 atom stereocenters. The van der Waals surface area contributed by atoms with E-state index < -0.39 is 5.60 Å². The molecule has 1 saturated carbocycles. The quantitative estimate of drug-likeness (QED) is 0.773. The Kier molecular flexibility index (Phi) is 2.77. The fourth-order valence-electron chi connectivity index (χ4n) is 4.67. The van der Waals surface area contributed by atoms with Crippen molar-refractivity contribution in [2.75, 3.05) is 6.54 Å². The van der Waals surface area contributed by atoms with Gasteiger partial charge in [-0.3, -0.25) is 0 Å². The fourth-order valence-corrected chi connectivity index (χ4v) is 4.67. The van der Waals surface area contributed by atoms with E-state index in [4.69, 9.17) is 10.5 Å². The smallest absolute Gasteiger partial charge is 0.0744 e. The first-order valence-electron chi connectivity index (χ1n) is 7.17. The molecule has 5 unspecified atom stereocenters. The highest BCUT2D eigenvalue weighted by Crippen LogP contribution is 2.57. The summed E-state index contributed by atoms with van der Waals surface area (Å²) in [6, 6.07) is 0. The molecular weight excluding hydrogens is 214 g/mol. The average Bonchev–Trinajstić information content (AvgIpc) is 2.88. The maximum Gasteiger partial charge on any atom is 0.0744 e. The van der Waals surface area contributed by atoms with Crippen molar-refractivity contribution in [1.82, 2.24) is 0 Å². The predicted molar refractivity (Wildman–Crippen MR) is 66.6 cm³/mol. The second-order valence-corrected chi connectivity index (χ2v) is 6.62. The van der Waals surface area contributed by atoms with Crippen molar-refractivity contribution in [3.05, 3.63) is 0 Å². The highest BCUT2D eigenvalue weighted by atomic mass is 16.5. The van der Waals surface area contributed by atoms with Gasteiger partial charge in [0.05, 0.1) is 17.8 Å². The molecule has 3 heteroatoms. The van der Waals surface area contributed by atoms with E-state index in [1.807, 2.05) is 0 Å². The zero-order valence-corrected chi connectivity index (χ0v) is 10.8. The lowest BCUT2D eigenvalue weighted by Gasteiger charge is -2.51. The van der Waals surface area contributed by atoms with Gasteiger partial charge in [0.1, 0.15) is 0 Å². The van der Waals surface area contributed by atoms with Crippen LogP contribution in [-0.2, 0) is 4.74 Å². The molecule has 1 aliphatic carbocycles. The van der Waals surface area contributed by atoms with Crippen LogP contribution in [0.25, 0.3) is 0 Å². The SMILES string of the molecule is CC1CCCC(O)(C2(CN)CC3CCC2O3)C1. The van der Waals surface area contributed by atoms with Gasteiger partial charge in [-0.1, -0.05) is 19.8 Å². The van der Waals surface area contributed by atoms with Crippen LogP contribution in [0.4, 0.5) is 0 Å². The van der Waals surface area contributed by atoms with Gasteiger partial charge in [0.25, 0.3) is 0 Å². The third kappa shape index (κ3) is 1.59. The standard InChI is InChI=1S/C14H25NO2/c1-10-3-2-6-14(16,7-10)13(9-15)8-11-4-5-12(13)17-11/h10-12,16H,2-9,15H2,1H3. The minimum Gasteiger partial charge on any atom is -0.389 e. The van der Waals surface area contributed by atoms with Crippen molar-refractivity contribution in [2.45, 2.75) is 69.7 Å².